The van der Waals surface area contributed by atoms with E-state index in [9.17, 15) is 4.79 Å². The van der Waals surface area contributed by atoms with Gasteiger partial charge in [-0.1, -0.05) is 25.0 Å². The molecule has 5 heteroatoms. The molecule has 1 aromatic heterocycles. The highest BCUT2D eigenvalue weighted by molar-refractivity contribution is 5.94. The van der Waals surface area contributed by atoms with Gasteiger partial charge in [0.25, 0.3) is 5.91 Å². The molecule has 1 amide bonds. The zero-order valence-corrected chi connectivity index (χ0v) is 17.0. The largest absolute Gasteiger partial charge is 0.497 e. The van der Waals surface area contributed by atoms with Crippen LogP contribution in [0.3, 0.4) is 0 Å². The van der Waals surface area contributed by atoms with Gasteiger partial charge in [-0.05, 0) is 48.6 Å². The van der Waals surface area contributed by atoms with E-state index in [1.54, 1.807) is 19.5 Å². The molecule has 3 aliphatic rings. The standard InChI is InChI=1S/C24H29N3O2/c1-29-21-10-8-17(9-11-21)23-22-16-26(20-6-2-3-7-20)14-19(22)15-27(23)24(28)18-5-4-12-25-13-18/h4-5,8-13,19-20,22-23H,2-3,6-7,14-16H2,1H3/t19-,22-,23-/m0/s1. The van der Waals surface area contributed by atoms with Crippen molar-refractivity contribution in [3.8, 4) is 5.75 Å². The van der Waals surface area contributed by atoms with Crippen molar-refractivity contribution in [2.75, 3.05) is 26.7 Å². The van der Waals surface area contributed by atoms with E-state index in [4.69, 9.17) is 4.74 Å². The van der Waals surface area contributed by atoms with Crippen molar-refractivity contribution in [2.24, 2.45) is 11.8 Å². The molecule has 0 radical (unpaired) electrons. The Morgan fingerprint density at radius 2 is 1.86 bits per heavy atom. The SMILES string of the molecule is COc1ccc([C@H]2[C@H]3CN(C4CCCC4)C[C@H]3CN2C(=O)c2cccnc2)cc1. The monoisotopic (exact) mass is 391 g/mol. The molecule has 5 nitrogen and oxygen atoms in total. The fourth-order valence-corrected chi connectivity index (χ4v) is 5.74. The predicted octanol–water partition coefficient (Wildman–Crippen LogP) is 3.78. The molecule has 2 aliphatic heterocycles. The second-order valence-corrected chi connectivity index (χ2v) is 8.73. The van der Waals surface area contributed by atoms with Crippen molar-refractivity contribution in [3.63, 3.8) is 0 Å². The van der Waals surface area contributed by atoms with Crippen LogP contribution in [0.2, 0.25) is 0 Å². The first-order chi connectivity index (χ1) is 14.2. The van der Waals surface area contributed by atoms with E-state index < -0.39 is 0 Å². The minimum atomic E-state index is 0.0979. The highest BCUT2D eigenvalue weighted by Crippen LogP contribution is 2.47. The summed E-state index contributed by atoms with van der Waals surface area (Å²) in [7, 11) is 1.69. The van der Waals surface area contributed by atoms with Crippen LogP contribution in [0.15, 0.2) is 48.8 Å². The number of fused-ring (bicyclic) bond motifs is 1. The fraction of sp³-hybridized carbons (Fsp3) is 0.500. The maximum atomic E-state index is 13.4. The lowest BCUT2D eigenvalue weighted by Gasteiger charge is -2.31. The molecule has 1 saturated carbocycles. The summed E-state index contributed by atoms with van der Waals surface area (Å²) in [6.45, 7) is 3.06. The molecule has 152 valence electrons. The van der Waals surface area contributed by atoms with Gasteiger partial charge in [0.1, 0.15) is 5.75 Å². The molecule has 2 aromatic rings. The number of carbonyl (C=O) groups is 1. The number of pyridine rings is 1. The van der Waals surface area contributed by atoms with Crippen molar-refractivity contribution >= 4 is 5.91 Å². The molecule has 0 bridgehead atoms. The minimum Gasteiger partial charge on any atom is -0.497 e. The van der Waals surface area contributed by atoms with E-state index in [1.807, 2.05) is 24.3 Å². The lowest BCUT2D eigenvalue weighted by molar-refractivity contribution is 0.0693. The number of methoxy groups -OCH3 is 1. The van der Waals surface area contributed by atoms with Crippen molar-refractivity contribution in [2.45, 2.75) is 37.8 Å². The van der Waals surface area contributed by atoms with E-state index in [0.29, 0.717) is 17.4 Å². The van der Waals surface area contributed by atoms with Gasteiger partial charge in [-0.3, -0.25) is 14.7 Å². The molecule has 0 spiro atoms. The number of rotatable bonds is 4. The van der Waals surface area contributed by atoms with Crippen LogP contribution < -0.4 is 4.74 Å². The lowest BCUT2D eigenvalue weighted by Crippen LogP contribution is -2.38. The van der Waals surface area contributed by atoms with E-state index in [1.165, 1.54) is 31.2 Å². The number of amides is 1. The Labute approximate surface area is 172 Å². The quantitative estimate of drug-likeness (QED) is 0.796. The van der Waals surface area contributed by atoms with Crippen molar-refractivity contribution in [1.82, 2.24) is 14.8 Å². The lowest BCUT2D eigenvalue weighted by atomic mass is 9.89. The van der Waals surface area contributed by atoms with Crippen LogP contribution >= 0.6 is 0 Å². The first kappa shape index (κ1) is 18.6. The van der Waals surface area contributed by atoms with E-state index in [0.717, 1.165) is 31.4 Å². The van der Waals surface area contributed by atoms with Crippen LogP contribution in [-0.2, 0) is 0 Å². The summed E-state index contributed by atoms with van der Waals surface area (Å²) >= 11 is 0. The Balaban J connectivity index is 1.44. The maximum absolute atomic E-state index is 13.4. The highest BCUT2D eigenvalue weighted by Gasteiger charge is 2.50. The van der Waals surface area contributed by atoms with Crippen molar-refractivity contribution < 1.29 is 9.53 Å². The number of likely N-dealkylation sites (tertiary alicyclic amines) is 2. The molecule has 0 unspecified atom stereocenters. The summed E-state index contributed by atoms with van der Waals surface area (Å²) in [5.41, 5.74) is 1.89. The zero-order valence-electron chi connectivity index (χ0n) is 17.0. The summed E-state index contributed by atoms with van der Waals surface area (Å²) in [6.07, 6.45) is 8.81. The molecule has 29 heavy (non-hydrogen) atoms. The van der Waals surface area contributed by atoms with Gasteiger partial charge in [0.2, 0.25) is 0 Å². The van der Waals surface area contributed by atoms with Crippen LogP contribution in [0, 0.1) is 11.8 Å². The number of aromatic nitrogens is 1. The van der Waals surface area contributed by atoms with E-state index in [2.05, 4.69) is 26.9 Å². The summed E-state index contributed by atoms with van der Waals surface area (Å²) in [5, 5.41) is 0. The molecule has 3 atom stereocenters. The number of benzene rings is 1. The topological polar surface area (TPSA) is 45.7 Å². The second kappa shape index (κ2) is 7.79. The van der Waals surface area contributed by atoms with Crippen LogP contribution in [0.4, 0.5) is 0 Å². The minimum absolute atomic E-state index is 0.0979. The van der Waals surface area contributed by atoms with Gasteiger partial charge < -0.3 is 9.64 Å². The summed E-state index contributed by atoms with van der Waals surface area (Å²) in [6, 6.07) is 12.9. The third-order valence-corrected chi connectivity index (χ3v) is 7.16. The van der Waals surface area contributed by atoms with E-state index >= 15 is 0 Å². The highest BCUT2D eigenvalue weighted by atomic mass is 16.5. The summed E-state index contributed by atoms with van der Waals surface area (Å²) in [5.74, 6) is 1.99. The van der Waals surface area contributed by atoms with Crippen LogP contribution in [0.1, 0.15) is 47.6 Å². The van der Waals surface area contributed by atoms with Gasteiger partial charge in [-0.15, -0.1) is 0 Å². The van der Waals surface area contributed by atoms with Crippen LogP contribution in [0.5, 0.6) is 5.75 Å². The number of hydrogen-bond acceptors (Lipinski definition) is 4. The molecule has 1 aliphatic carbocycles. The third kappa shape index (κ3) is 3.42. The Morgan fingerprint density at radius 1 is 1.07 bits per heavy atom. The first-order valence-electron chi connectivity index (χ1n) is 10.8. The number of nitrogens with zero attached hydrogens (tertiary/aromatic N) is 3. The third-order valence-electron chi connectivity index (χ3n) is 7.16. The molecule has 3 fully saturated rings. The Morgan fingerprint density at radius 3 is 2.55 bits per heavy atom. The van der Waals surface area contributed by atoms with Gasteiger partial charge >= 0.3 is 0 Å². The Kier molecular flexibility index (Phi) is 5.00. The van der Waals surface area contributed by atoms with Crippen molar-refractivity contribution in [1.29, 1.82) is 0 Å². The van der Waals surface area contributed by atoms with Crippen molar-refractivity contribution in [3.05, 3.63) is 59.9 Å². The molecular formula is C24H29N3O2. The van der Waals surface area contributed by atoms with Crippen LogP contribution in [0.25, 0.3) is 0 Å². The average molecular weight is 392 g/mol. The van der Waals surface area contributed by atoms with Gasteiger partial charge in [0.05, 0.1) is 18.7 Å². The Hall–Kier alpha value is -2.40. The van der Waals surface area contributed by atoms with E-state index in [-0.39, 0.29) is 11.9 Å². The normalized spacial score (nSPS) is 27.3. The number of carbonyl (C=O) groups excluding carboxylic acids is 1. The first-order valence-corrected chi connectivity index (χ1v) is 10.8. The summed E-state index contributed by atoms with van der Waals surface area (Å²) in [4.78, 5) is 22.3. The molecule has 1 aromatic carbocycles. The van der Waals surface area contributed by atoms with Gasteiger partial charge in [-0.25, -0.2) is 0 Å². The Bertz CT molecular complexity index is 848. The fourth-order valence-electron chi connectivity index (χ4n) is 5.74. The molecular weight excluding hydrogens is 362 g/mol. The van der Waals surface area contributed by atoms with Gasteiger partial charge in [0.15, 0.2) is 0 Å². The van der Waals surface area contributed by atoms with Gasteiger partial charge in [-0.2, -0.15) is 0 Å². The molecule has 0 N–H and O–H groups in total. The van der Waals surface area contributed by atoms with Crippen LogP contribution in [-0.4, -0.2) is 53.5 Å². The number of hydrogen-bond donors (Lipinski definition) is 0. The molecule has 3 heterocycles. The smallest absolute Gasteiger partial charge is 0.255 e. The molecule has 5 rings (SSSR count). The molecule has 2 saturated heterocycles. The van der Waals surface area contributed by atoms with Gasteiger partial charge in [0, 0.05) is 44.0 Å². The second-order valence-electron chi connectivity index (χ2n) is 8.73. The maximum Gasteiger partial charge on any atom is 0.255 e. The summed E-state index contributed by atoms with van der Waals surface area (Å²) < 4.78 is 5.35. The predicted molar refractivity (Wildman–Crippen MR) is 112 cm³/mol. The number of ether oxygens (including phenoxy) is 1. The average Bonchev–Trinajstić information content (AvgIpc) is 3.49. The zero-order chi connectivity index (χ0) is 19.8.